The van der Waals surface area contributed by atoms with Gasteiger partial charge in [0.2, 0.25) is 5.91 Å². The van der Waals surface area contributed by atoms with Crippen LogP contribution in [0.1, 0.15) is 70.5 Å². The van der Waals surface area contributed by atoms with Crippen molar-refractivity contribution < 1.29 is 14.6 Å². The summed E-state index contributed by atoms with van der Waals surface area (Å²) in [5.41, 5.74) is 5.74. The second-order valence-electron chi connectivity index (χ2n) is 10.0. The van der Waals surface area contributed by atoms with Gasteiger partial charge in [-0.05, 0) is 56.9 Å². The number of carbonyl (C=O) groups excluding carboxylic acids is 1. The van der Waals surface area contributed by atoms with Gasteiger partial charge in [-0.2, -0.15) is 0 Å². The van der Waals surface area contributed by atoms with Crippen LogP contribution in [0.5, 0.6) is 5.75 Å². The third-order valence-electron chi connectivity index (χ3n) is 6.44. The molecule has 1 fully saturated rings. The number of carbonyl (C=O) groups is 1. The standard InChI is InChI=1S/C26H36N2O3/c1-24(2,30)22(28-23(29)26(4,27)20-10-6-5-7-11-20)19-12-14-21(15-13-19)31-18-25(3)16-8-9-17-25/h5-7,10-15,22,30H,8-9,16-18,27H2,1-4H3,(H,28,29)/t22-,26-/m1/s1. The molecule has 0 heterocycles. The normalized spacial score (nSPS) is 18.8. The Balaban J connectivity index is 1.73. The Kier molecular flexibility index (Phi) is 6.77. The van der Waals surface area contributed by atoms with E-state index < -0.39 is 17.2 Å². The summed E-state index contributed by atoms with van der Waals surface area (Å²) in [4.78, 5) is 13.1. The number of hydrogen-bond donors (Lipinski definition) is 3. The van der Waals surface area contributed by atoms with E-state index in [0.717, 1.165) is 11.3 Å². The van der Waals surface area contributed by atoms with Crippen LogP contribution < -0.4 is 15.8 Å². The topological polar surface area (TPSA) is 84.6 Å². The molecule has 1 aliphatic carbocycles. The van der Waals surface area contributed by atoms with Crippen LogP contribution in [0.15, 0.2) is 54.6 Å². The van der Waals surface area contributed by atoms with E-state index in [2.05, 4.69) is 12.2 Å². The molecule has 2 aromatic rings. The lowest BCUT2D eigenvalue weighted by Gasteiger charge is -2.34. The molecule has 0 unspecified atom stereocenters. The maximum Gasteiger partial charge on any atom is 0.244 e. The second-order valence-corrected chi connectivity index (χ2v) is 10.0. The van der Waals surface area contributed by atoms with E-state index in [9.17, 15) is 9.90 Å². The van der Waals surface area contributed by atoms with Crippen LogP contribution in [-0.4, -0.2) is 23.2 Å². The van der Waals surface area contributed by atoms with Gasteiger partial charge >= 0.3 is 0 Å². The highest BCUT2D eigenvalue weighted by Gasteiger charge is 2.36. The van der Waals surface area contributed by atoms with Crippen LogP contribution >= 0.6 is 0 Å². The molecule has 0 aromatic heterocycles. The summed E-state index contributed by atoms with van der Waals surface area (Å²) in [6.07, 6.45) is 4.96. The van der Waals surface area contributed by atoms with Crippen molar-refractivity contribution >= 4 is 5.91 Å². The Morgan fingerprint density at radius 1 is 1.10 bits per heavy atom. The first-order chi connectivity index (χ1) is 14.5. The smallest absolute Gasteiger partial charge is 0.244 e. The summed E-state index contributed by atoms with van der Waals surface area (Å²) in [5, 5.41) is 13.7. The van der Waals surface area contributed by atoms with E-state index in [4.69, 9.17) is 10.5 Å². The predicted molar refractivity (Wildman–Crippen MR) is 124 cm³/mol. The summed E-state index contributed by atoms with van der Waals surface area (Å²) < 4.78 is 6.04. The maximum atomic E-state index is 13.1. The molecule has 1 saturated carbocycles. The van der Waals surface area contributed by atoms with Gasteiger partial charge in [0.15, 0.2) is 0 Å². The van der Waals surface area contributed by atoms with Crippen LogP contribution in [0, 0.1) is 5.41 Å². The molecule has 5 nitrogen and oxygen atoms in total. The summed E-state index contributed by atoms with van der Waals surface area (Å²) in [6.45, 7) is 8.03. The number of aliphatic hydroxyl groups is 1. The Morgan fingerprint density at radius 2 is 1.68 bits per heavy atom. The highest BCUT2D eigenvalue weighted by Crippen LogP contribution is 2.38. The number of ether oxygens (including phenoxy) is 1. The zero-order chi connectivity index (χ0) is 22.7. The fraction of sp³-hybridized carbons (Fsp3) is 0.500. The lowest BCUT2D eigenvalue weighted by molar-refractivity contribution is -0.128. The minimum atomic E-state index is -1.22. The van der Waals surface area contributed by atoms with Gasteiger partial charge in [-0.15, -0.1) is 0 Å². The first kappa shape index (κ1) is 23.3. The van der Waals surface area contributed by atoms with Crippen LogP contribution in [0.3, 0.4) is 0 Å². The molecule has 1 amide bonds. The molecule has 2 aromatic carbocycles. The van der Waals surface area contributed by atoms with Gasteiger partial charge < -0.3 is 20.9 Å². The van der Waals surface area contributed by atoms with E-state index in [-0.39, 0.29) is 11.3 Å². The molecule has 168 valence electrons. The third-order valence-corrected chi connectivity index (χ3v) is 6.44. The maximum absolute atomic E-state index is 13.1. The van der Waals surface area contributed by atoms with E-state index in [0.29, 0.717) is 12.2 Å². The summed E-state index contributed by atoms with van der Waals surface area (Å²) in [7, 11) is 0. The first-order valence-electron chi connectivity index (χ1n) is 11.1. The minimum Gasteiger partial charge on any atom is -0.493 e. The van der Waals surface area contributed by atoms with Gasteiger partial charge in [0.05, 0.1) is 18.2 Å². The largest absolute Gasteiger partial charge is 0.493 e. The molecule has 31 heavy (non-hydrogen) atoms. The summed E-state index contributed by atoms with van der Waals surface area (Å²) in [6, 6.07) is 16.2. The summed E-state index contributed by atoms with van der Waals surface area (Å²) >= 11 is 0. The van der Waals surface area contributed by atoms with Gasteiger partial charge in [0.1, 0.15) is 11.3 Å². The van der Waals surface area contributed by atoms with Crippen molar-refractivity contribution in [2.45, 2.75) is 70.6 Å². The summed E-state index contributed by atoms with van der Waals surface area (Å²) in [5.74, 6) is 0.450. The number of benzene rings is 2. The molecule has 0 radical (unpaired) electrons. The highest BCUT2D eigenvalue weighted by atomic mass is 16.5. The van der Waals surface area contributed by atoms with Crippen LogP contribution in [0.25, 0.3) is 0 Å². The lowest BCUT2D eigenvalue weighted by Crippen LogP contribution is -2.53. The Hall–Kier alpha value is -2.37. The van der Waals surface area contributed by atoms with Gasteiger partial charge in [-0.1, -0.05) is 62.2 Å². The van der Waals surface area contributed by atoms with E-state index in [1.807, 2.05) is 54.6 Å². The van der Waals surface area contributed by atoms with Crippen LogP contribution in [0.4, 0.5) is 0 Å². The van der Waals surface area contributed by atoms with Crippen molar-refractivity contribution in [3.05, 3.63) is 65.7 Å². The number of nitrogens with one attached hydrogen (secondary N) is 1. The number of rotatable bonds is 8. The third kappa shape index (κ3) is 5.66. The highest BCUT2D eigenvalue weighted by molar-refractivity contribution is 5.87. The van der Waals surface area contributed by atoms with Crippen molar-refractivity contribution in [3.63, 3.8) is 0 Å². The molecule has 0 spiro atoms. The van der Waals surface area contributed by atoms with Crippen LogP contribution in [-0.2, 0) is 10.3 Å². The molecular formula is C26H36N2O3. The molecule has 4 N–H and O–H groups in total. The van der Waals surface area contributed by atoms with Crippen LogP contribution in [0.2, 0.25) is 0 Å². The SMILES string of the molecule is CC1(COc2ccc([C@@H](NC(=O)[C@](C)(N)c3ccccc3)C(C)(C)O)cc2)CCCC1. The van der Waals surface area contributed by atoms with Gasteiger partial charge in [-0.3, -0.25) is 4.79 Å². The number of amides is 1. The van der Waals surface area contributed by atoms with Gasteiger partial charge in [-0.25, -0.2) is 0 Å². The second kappa shape index (κ2) is 9.01. The minimum absolute atomic E-state index is 0.255. The zero-order valence-corrected chi connectivity index (χ0v) is 19.2. The molecule has 3 rings (SSSR count). The zero-order valence-electron chi connectivity index (χ0n) is 19.2. The predicted octanol–water partition coefficient (Wildman–Crippen LogP) is 4.45. The Bertz CT molecular complexity index is 864. The molecule has 0 saturated heterocycles. The average molecular weight is 425 g/mol. The van der Waals surface area contributed by atoms with E-state index in [1.165, 1.54) is 25.7 Å². The van der Waals surface area contributed by atoms with Crippen molar-refractivity contribution in [1.82, 2.24) is 5.32 Å². The van der Waals surface area contributed by atoms with E-state index in [1.54, 1.807) is 20.8 Å². The fourth-order valence-electron chi connectivity index (χ4n) is 4.25. The first-order valence-corrected chi connectivity index (χ1v) is 11.1. The van der Waals surface area contributed by atoms with E-state index >= 15 is 0 Å². The molecule has 2 atom stereocenters. The molecule has 0 aliphatic heterocycles. The molecule has 5 heteroatoms. The van der Waals surface area contributed by atoms with Crippen molar-refractivity contribution in [3.8, 4) is 5.75 Å². The lowest BCUT2D eigenvalue weighted by atomic mass is 9.88. The average Bonchev–Trinajstić information content (AvgIpc) is 3.17. The monoisotopic (exact) mass is 424 g/mol. The van der Waals surface area contributed by atoms with Gasteiger partial charge in [0, 0.05) is 5.41 Å². The van der Waals surface area contributed by atoms with Gasteiger partial charge in [0.25, 0.3) is 0 Å². The van der Waals surface area contributed by atoms with Crippen molar-refractivity contribution in [2.24, 2.45) is 11.1 Å². The number of nitrogens with two attached hydrogens (primary N) is 1. The van der Waals surface area contributed by atoms with Crippen molar-refractivity contribution in [2.75, 3.05) is 6.61 Å². The fourth-order valence-corrected chi connectivity index (χ4v) is 4.25. The Labute approximate surface area is 186 Å². The number of hydrogen-bond acceptors (Lipinski definition) is 4. The van der Waals surface area contributed by atoms with Crippen molar-refractivity contribution in [1.29, 1.82) is 0 Å². The molecule has 1 aliphatic rings. The quantitative estimate of drug-likeness (QED) is 0.585. The molecular weight excluding hydrogens is 388 g/mol. The Morgan fingerprint density at radius 3 is 2.23 bits per heavy atom. The molecule has 0 bridgehead atoms.